The maximum absolute atomic E-state index is 12.9. The summed E-state index contributed by atoms with van der Waals surface area (Å²) in [7, 11) is 0. The van der Waals surface area contributed by atoms with Gasteiger partial charge in [0.05, 0.1) is 36.3 Å². The van der Waals surface area contributed by atoms with Crippen LogP contribution in [0.15, 0.2) is 18.3 Å². The Kier molecular flexibility index (Phi) is 4.81. The lowest BCUT2D eigenvalue weighted by atomic mass is 9.68. The van der Waals surface area contributed by atoms with Crippen molar-refractivity contribution < 1.29 is 9.53 Å². The largest absolute Gasteiger partial charge is 0.382 e. The van der Waals surface area contributed by atoms with Gasteiger partial charge in [-0.3, -0.25) is 9.89 Å². The molecule has 5 N–H and O–H groups in total. The van der Waals surface area contributed by atoms with Crippen LogP contribution in [0.25, 0.3) is 16.9 Å². The first kappa shape index (κ1) is 19.8. The van der Waals surface area contributed by atoms with Crippen molar-refractivity contribution in [3.63, 3.8) is 0 Å². The molecule has 0 spiro atoms. The first-order valence-corrected chi connectivity index (χ1v) is 10.8. The number of aromatic amines is 1. The minimum Gasteiger partial charge on any atom is -0.382 e. The molecule has 1 saturated heterocycles. The normalized spacial score (nSPS) is 21.5. The second kappa shape index (κ2) is 7.52. The fourth-order valence-electron chi connectivity index (χ4n) is 5.06. The standard InChI is InChI=1S/C21H28N8O2/c1-13-12-31-10-9-28(13)16-11-14(21(20(23)30)6-3-2-4-7-21)17-18(22)27-29(19(17)25-16)15-5-8-24-26-15/h5,8,11,13H,2-4,6-7,9-10,12H2,1H3,(H2,22,27)(H2,23,30)(H,24,26)/t13-/m1/s1. The molecule has 1 atom stereocenters. The van der Waals surface area contributed by atoms with E-state index in [2.05, 4.69) is 27.1 Å². The van der Waals surface area contributed by atoms with E-state index in [1.807, 2.05) is 12.1 Å². The summed E-state index contributed by atoms with van der Waals surface area (Å²) in [6, 6.07) is 3.97. The van der Waals surface area contributed by atoms with Crippen LogP contribution in [-0.4, -0.2) is 56.7 Å². The van der Waals surface area contributed by atoms with E-state index in [1.165, 1.54) is 0 Å². The average molecular weight is 425 g/mol. The quantitative estimate of drug-likeness (QED) is 0.578. The Morgan fingerprint density at radius 2 is 2.13 bits per heavy atom. The SMILES string of the molecule is C[C@@H]1COCCN1c1cc(C2(C(N)=O)CCCCC2)c2c(N)nn(-c3ccn[nH]3)c2n1. The maximum Gasteiger partial charge on any atom is 0.228 e. The number of hydrogen-bond acceptors (Lipinski definition) is 7. The van der Waals surface area contributed by atoms with Gasteiger partial charge in [0.25, 0.3) is 0 Å². The highest BCUT2D eigenvalue weighted by Gasteiger charge is 2.42. The van der Waals surface area contributed by atoms with Gasteiger partial charge in [-0.1, -0.05) is 19.3 Å². The summed E-state index contributed by atoms with van der Waals surface area (Å²) in [5.74, 6) is 1.46. The minimum atomic E-state index is -0.778. The second-order valence-corrected chi connectivity index (χ2v) is 8.59. The molecule has 1 saturated carbocycles. The van der Waals surface area contributed by atoms with Gasteiger partial charge in [-0.15, -0.1) is 5.10 Å². The number of nitrogen functional groups attached to an aromatic ring is 1. The zero-order chi connectivity index (χ0) is 21.6. The molecule has 3 aromatic heterocycles. The summed E-state index contributed by atoms with van der Waals surface area (Å²) in [5.41, 5.74) is 13.1. The summed E-state index contributed by atoms with van der Waals surface area (Å²) in [6.45, 7) is 4.08. The fraction of sp³-hybridized carbons (Fsp3) is 0.524. The van der Waals surface area contributed by atoms with Gasteiger partial charge in [0.15, 0.2) is 17.3 Å². The first-order valence-electron chi connectivity index (χ1n) is 10.8. The summed E-state index contributed by atoms with van der Waals surface area (Å²) >= 11 is 0. The van der Waals surface area contributed by atoms with Crippen LogP contribution in [0.1, 0.15) is 44.6 Å². The van der Waals surface area contributed by atoms with Crippen molar-refractivity contribution in [2.75, 3.05) is 30.4 Å². The van der Waals surface area contributed by atoms with Gasteiger partial charge in [0, 0.05) is 12.6 Å². The van der Waals surface area contributed by atoms with Gasteiger partial charge in [-0.2, -0.15) is 9.78 Å². The maximum atomic E-state index is 12.9. The van der Waals surface area contributed by atoms with Gasteiger partial charge in [0.1, 0.15) is 5.82 Å². The Morgan fingerprint density at radius 1 is 1.32 bits per heavy atom. The summed E-state index contributed by atoms with van der Waals surface area (Å²) in [5, 5.41) is 12.2. The number of carbonyl (C=O) groups excluding carboxylic acids is 1. The number of fused-ring (bicyclic) bond motifs is 1. The monoisotopic (exact) mass is 424 g/mol. The lowest BCUT2D eigenvalue weighted by molar-refractivity contribution is -0.124. The Bertz CT molecular complexity index is 1100. The number of nitrogens with two attached hydrogens (primary N) is 2. The molecule has 0 aromatic carbocycles. The molecule has 0 bridgehead atoms. The average Bonchev–Trinajstić information content (AvgIpc) is 3.42. The molecule has 1 aliphatic carbocycles. The van der Waals surface area contributed by atoms with E-state index >= 15 is 0 Å². The van der Waals surface area contributed by atoms with E-state index in [4.69, 9.17) is 21.2 Å². The number of carbonyl (C=O) groups is 1. The highest BCUT2D eigenvalue weighted by molar-refractivity contribution is 5.99. The molecule has 2 fully saturated rings. The van der Waals surface area contributed by atoms with Crippen LogP contribution in [-0.2, 0) is 14.9 Å². The number of nitrogens with one attached hydrogen (secondary N) is 1. The predicted molar refractivity (Wildman–Crippen MR) is 117 cm³/mol. The molecule has 10 heteroatoms. The van der Waals surface area contributed by atoms with Crippen LogP contribution < -0.4 is 16.4 Å². The number of rotatable bonds is 4. The molecule has 0 radical (unpaired) electrons. The van der Waals surface area contributed by atoms with E-state index in [1.54, 1.807) is 10.9 Å². The molecular weight excluding hydrogens is 396 g/mol. The minimum absolute atomic E-state index is 0.156. The van der Waals surface area contributed by atoms with Crippen molar-refractivity contribution in [1.82, 2.24) is 25.0 Å². The molecule has 0 unspecified atom stereocenters. The number of anilines is 2. The van der Waals surface area contributed by atoms with E-state index in [0.29, 0.717) is 48.7 Å². The summed E-state index contributed by atoms with van der Waals surface area (Å²) in [6.07, 6.45) is 6.05. The molecule has 3 aromatic rings. The highest BCUT2D eigenvalue weighted by atomic mass is 16.5. The van der Waals surface area contributed by atoms with Gasteiger partial charge in [-0.05, 0) is 31.4 Å². The van der Waals surface area contributed by atoms with Crippen LogP contribution in [0.3, 0.4) is 0 Å². The number of ether oxygens (including phenoxy) is 1. The molecule has 10 nitrogen and oxygen atoms in total. The number of nitrogens with zero attached hydrogens (tertiary/aromatic N) is 5. The molecule has 1 aliphatic heterocycles. The van der Waals surface area contributed by atoms with Gasteiger partial charge in [-0.25, -0.2) is 4.98 Å². The molecule has 1 amide bonds. The first-order chi connectivity index (χ1) is 15.0. The number of amides is 1. The third kappa shape index (κ3) is 3.13. The van der Waals surface area contributed by atoms with Crippen molar-refractivity contribution in [2.45, 2.75) is 50.5 Å². The smallest absolute Gasteiger partial charge is 0.228 e. The van der Waals surface area contributed by atoms with Crippen LogP contribution >= 0.6 is 0 Å². The number of aromatic nitrogens is 5. The van der Waals surface area contributed by atoms with Crippen LogP contribution in [0.2, 0.25) is 0 Å². The van der Waals surface area contributed by atoms with E-state index in [-0.39, 0.29) is 11.9 Å². The molecule has 164 valence electrons. The zero-order valence-electron chi connectivity index (χ0n) is 17.7. The van der Waals surface area contributed by atoms with Gasteiger partial charge >= 0.3 is 0 Å². The molecule has 4 heterocycles. The second-order valence-electron chi connectivity index (χ2n) is 8.59. The van der Waals surface area contributed by atoms with Gasteiger partial charge in [0.2, 0.25) is 5.91 Å². The molecular formula is C21H28N8O2. The van der Waals surface area contributed by atoms with Crippen LogP contribution in [0, 0.1) is 0 Å². The van der Waals surface area contributed by atoms with Crippen LogP contribution in [0.4, 0.5) is 11.6 Å². The number of morpholine rings is 1. The Hall–Kier alpha value is -3.14. The number of primary amides is 1. The molecule has 2 aliphatic rings. The number of pyridine rings is 1. The van der Waals surface area contributed by atoms with Gasteiger partial charge < -0.3 is 21.1 Å². The lowest BCUT2D eigenvalue weighted by Crippen LogP contribution is -2.45. The molecule has 5 rings (SSSR count). The fourth-order valence-corrected chi connectivity index (χ4v) is 5.06. The summed E-state index contributed by atoms with van der Waals surface area (Å²) < 4.78 is 7.28. The van der Waals surface area contributed by atoms with Crippen molar-refractivity contribution in [2.24, 2.45) is 5.73 Å². The third-order valence-corrected chi connectivity index (χ3v) is 6.72. The third-order valence-electron chi connectivity index (χ3n) is 6.72. The Labute approximate surface area is 179 Å². The Balaban J connectivity index is 1.80. The van der Waals surface area contributed by atoms with E-state index < -0.39 is 5.41 Å². The lowest BCUT2D eigenvalue weighted by Gasteiger charge is -2.38. The van der Waals surface area contributed by atoms with Crippen molar-refractivity contribution in [3.05, 3.63) is 23.9 Å². The molecule has 31 heavy (non-hydrogen) atoms. The highest BCUT2D eigenvalue weighted by Crippen LogP contribution is 2.45. The van der Waals surface area contributed by atoms with E-state index in [0.717, 1.165) is 37.2 Å². The topological polar surface area (TPSA) is 141 Å². The van der Waals surface area contributed by atoms with Crippen molar-refractivity contribution >= 4 is 28.6 Å². The van der Waals surface area contributed by atoms with Crippen molar-refractivity contribution in [3.8, 4) is 5.82 Å². The number of H-pyrrole nitrogens is 1. The Morgan fingerprint density at radius 3 is 2.81 bits per heavy atom. The van der Waals surface area contributed by atoms with Crippen molar-refractivity contribution in [1.29, 1.82) is 0 Å². The van der Waals surface area contributed by atoms with E-state index in [9.17, 15) is 4.79 Å². The summed E-state index contributed by atoms with van der Waals surface area (Å²) in [4.78, 5) is 20.1. The van der Waals surface area contributed by atoms with Crippen LogP contribution in [0.5, 0.6) is 0 Å². The number of hydrogen-bond donors (Lipinski definition) is 3. The predicted octanol–water partition coefficient (Wildman–Crippen LogP) is 1.64. The zero-order valence-corrected chi connectivity index (χ0v) is 17.7.